The maximum Gasteiger partial charge on any atom is 0.355 e. The summed E-state index contributed by atoms with van der Waals surface area (Å²) in [5.74, 6) is 0.731. The van der Waals surface area contributed by atoms with Crippen molar-refractivity contribution in [1.29, 1.82) is 5.26 Å². The van der Waals surface area contributed by atoms with Gasteiger partial charge in [0.25, 0.3) is 0 Å². The first-order valence-corrected chi connectivity index (χ1v) is 14.1. The molecule has 0 spiro atoms. The molecule has 0 amide bonds. The summed E-state index contributed by atoms with van der Waals surface area (Å²) in [7, 11) is 1.58. The third kappa shape index (κ3) is 5.31. The molecule has 0 saturated carbocycles. The van der Waals surface area contributed by atoms with Gasteiger partial charge in [0.1, 0.15) is 28.0 Å². The highest BCUT2D eigenvalue weighted by Gasteiger charge is 2.32. The van der Waals surface area contributed by atoms with E-state index in [1.807, 2.05) is 42.5 Å². The number of nitriles is 1. The third-order valence-corrected chi connectivity index (χ3v) is 8.30. The molecule has 4 aromatic rings. The van der Waals surface area contributed by atoms with Crippen LogP contribution in [-0.2, 0) is 0 Å². The van der Waals surface area contributed by atoms with Crippen LogP contribution in [0, 0.1) is 11.3 Å². The molecule has 1 aliphatic rings. The smallest absolute Gasteiger partial charge is 0.355 e. The number of methoxy groups -OCH3 is 1. The highest BCUT2D eigenvalue weighted by Crippen LogP contribution is 2.45. The van der Waals surface area contributed by atoms with Crippen LogP contribution < -0.4 is 24.7 Å². The quantitative estimate of drug-likeness (QED) is 0.125. The number of nitrogens with two attached hydrogens (primary N) is 1. The summed E-state index contributed by atoms with van der Waals surface area (Å²) in [4.78, 5) is 13.3. The molecule has 1 aliphatic heterocycles. The number of rotatable bonds is 9. The van der Waals surface area contributed by atoms with Crippen LogP contribution in [0.25, 0.3) is 10.1 Å². The number of allylic oxidation sites excluding steroid dienone is 1. The molecule has 0 aliphatic carbocycles. The van der Waals surface area contributed by atoms with E-state index in [1.54, 1.807) is 25.3 Å². The summed E-state index contributed by atoms with van der Waals surface area (Å²) in [6.45, 7) is 2.73. The summed E-state index contributed by atoms with van der Waals surface area (Å²) in [6, 6.07) is 20.3. The predicted molar refractivity (Wildman–Crippen MR) is 156 cm³/mol. The fraction of sp³-hybridized carbons (Fsp3) is 0.226. The minimum Gasteiger partial charge on any atom is -0.493 e. The second kappa shape index (κ2) is 11.9. The van der Waals surface area contributed by atoms with Gasteiger partial charge in [-0.1, -0.05) is 61.7 Å². The van der Waals surface area contributed by atoms with Crippen LogP contribution in [0.5, 0.6) is 23.0 Å². The van der Waals surface area contributed by atoms with Crippen LogP contribution in [0.1, 0.15) is 52.9 Å². The first-order valence-electron chi connectivity index (χ1n) is 12.9. The Morgan fingerprint density at radius 3 is 2.70 bits per heavy atom. The van der Waals surface area contributed by atoms with Crippen molar-refractivity contribution in [2.75, 3.05) is 13.7 Å². The molecule has 1 unspecified atom stereocenters. The minimum atomic E-state index is -0.570. The lowest BCUT2D eigenvalue weighted by Crippen LogP contribution is -2.21. The summed E-state index contributed by atoms with van der Waals surface area (Å²) < 4.78 is 23.9. The van der Waals surface area contributed by atoms with E-state index in [9.17, 15) is 10.1 Å². The second-order valence-electron chi connectivity index (χ2n) is 9.22. The molecule has 0 bridgehead atoms. The van der Waals surface area contributed by atoms with E-state index in [0.29, 0.717) is 39.3 Å². The number of nitrogens with zero attached hydrogens (tertiary/aromatic N) is 1. The van der Waals surface area contributed by atoms with E-state index in [-0.39, 0.29) is 17.2 Å². The highest BCUT2D eigenvalue weighted by molar-refractivity contribution is 7.21. The van der Waals surface area contributed by atoms with Gasteiger partial charge in [0.15, 0.2) is 11.5 Å². The molecule has 40 heavy (non-hydrogen) atoms. The van der Waals surface area contributed by atoms with Gasteiger partial charge >= 0.3 is 5.97 Å². The molecule has 7 nitrogen and oxygen atoms in total. The fourth-order valence-electron chi connectivity index (χ4n) is 4.66. The number of carbonyl (C=O) groups excluding carboxylic acids is 1. The first kappa shape index (κ1) is 27.4. The van der Waals surface area contributed by atoms with Crippen molar-refractivity contribution in [2.45, 2.75) is 32.1 Å². The van der Waals surface area contributed by atoms with Crippen molar-refractivity contribution in [3.63, 3.8) is 0 Å². The third-order valence-electron chi connectivity index (χ3n) is 6.65. The summed E-state index contributed by atoms with van der Waals surface area (Å²) in [5.41, 5.74) is 7.94. The van der Waals surface area contributed by atoms with Crippen molar-refractivity contribution in [1.82, 2.24) is 0 Å². The van der Waals surface area contributed by atoms with Crippen LogP contribution in [0.4, 0.5) is 0 Å². The molecule has 0 radical (unpaired) electrons. The van der Waals surface area contributed by atoms with Crippen molar-refractivity contribution in [3.05, 3.63) is 93.1 Å². The Labute approximate surface area is 241 Å². The van der Waals surface area contributed by atoms with Crippen molar-refractivity contribution in [3.8, 4) is 29.1 Å². The number of benzene rings is 3. The molecule has 5 rings (SSSR count). The maximum absolute atomic E-state index is 13.0. The van der Waals surface area contributed by atoms with Crippen LogP contribution in [0.2, 0.25) is 5.02 Å². The van der Waals surface area contributed by atoms with Crippen LogP contribution in [0.3, 0.4) is 0 Å². The van der Waals surface area contributed by atoms with Gasteiger partial charge in [-0.2, -0.15) is 5.26 Å². The van der Waals surface area contributed by atoms with Gasteiger partial charge in [-0.25, -0.2) is 4.79 Å². The minimum absolute atomic E-state index is 0.0186. The Hall–Kier alpha value is -4.19. The Morgan fingerprint density at radius 1 is 1.12 bits per heavy atom. The van der Waals surface area contributed by atoms with E-state index in [0.717, 1.165) is 34.9 Å². The zero-order valence-electron chi connectivity index (χ0n) is 22.0. The number of unbranched alkanes of at least 4 members (excludes halogenated alkanes) is 2. The number of halogens is 1. The average molecular weight is 575 g/mol. The Bertz CT molecular complexity index is 1660. The van der Waals surface area contributed by atoms with Crippen molar-refractivity contribution < 1.29 is 23.7 Å². The van der Waals surface area contributed by atoms with Crippen molar-refractivity contribution >= 4 is 39.0 Å². The average Bonchev–Trinajstić information content (AvgIpc) is 3.31. The summed E-state index contributed by atoms with van der Waals surface area (Å²) >= 11 is 7.73. The van der Waals surface area contributed by atoms with Gasteiger partial charge in [-0.15, -0.1) is 11.3 Å². The largest absolute Gasteiger partial charge is 0.493 e. The standard InChI is InChI=1S/C31H27ClN2O5S/c1-3-4-7-14-37-23-13-10-18(15-25(23)36-2)27-20-12-11-19(16-24(20)39-30(34)22(27)17-33)38-31(35)29-28(32)21-8-5-6-9-26(21)40-29/h5-6,8-13,15-16,27H,3-4,7,14,34H2,1-2H3. The lowest BCUT2D eigenvalue weighted by Gasteiger charge is -2.27. The van der Waals surface area contributed by atoms with E-state index in [2.05, 4.69) is 13.0 Å². The number of hydrogen-bond acceptors (Lipinski definition) is 8. The topological polar surface area (TPSA) is 104 Å². The molecular weight excluding hydrogens is 548 g/mol. The summed E-state index contributed by atoms with van der Waals surface area (Å²) in [5, 5.41) is 11.1. The van der Waals surface area contributed by atoms with Gasteiger partial charge in [0.05, 0.1) is 24.7 Å². The zero-order valence-corrected chi connectivity index (χ0v) is 23.6. The monoisotopic (exact) mass is 574 g/mol. The Morgan fingerprint density at radius 2 is 1.95 bits per heavy atom. The number of fused-ring (bicyclic) bond motifs is 2. The van der Waals surface area contributed by atoms with Crippen LogP contribution in [-0.4, -0.2) is 19.7 Å². The van der Waals surface area contributed by atoms with Crippen LogP contribution in [0.15, 0.2) is 72.1 Å². The van der Waals surface area contributed by atoms with Gasteiger partial charge < -0.3 is 24.7 Å². The molecule has 3 aromatic carbocycles. The fourth-order valence-corrected chi connectivity index (χ4v) is 6.04. The molecular formula is C31H27ClN2O5S. The van der Waals surface area contributed by atoms with E-state index in [1.165, 1.54) is 11.3 Å². The van der Waals surface area contributed by atoms with Gasteiger partial charge in [0.2, 0.25) is 5.88 Å². The molecule has 2 N–H and O–H groups in total. The van der Waals surface area contributed by atoms with E-state index in [4.69, 9.17) is 36.3 Å². The lowest BCUT2D eigenvalue weighted by molar-refractivity contribution is 0.0740. The molecule has 0 saturated heterocycles. The molecule has 1 aromatic heterocycles. The second-order valence-corrected chi connectivity index (χ2v) is 10.7. The molecule has 204 valence electrons. The molecule has 2 heterocycles. The van der Waals surface area contributed by atoms with Gasteiger partial charge in [-0.05, 0) is 36.2 Å². The normalized spacial score (nSPS) is 14.3. The Balaban J connectivity index is 1.44. The number of thiophene rings is 1. The number of esters is 1. The Kier molecular flexibility index (Phi) is 8.15. The van der Waals surface area contributed by atoms with Gasteiger partial charge in [-0.3, -0.25) is 0 Å². The number of hydrogen-bond donors (Lipinski definition) is 1. The molecule has 0 fully saturated rings. The highest BCUT2D eigenvalue weighted by atomic mass is 35.5. The van der Waals surface area contributed by atoms with Crippen molar-refractivity contribution in [2.24, 2.45) is 5.73 Å². The van der Waals surface area contributed by atoms with Gasteiger partial charge in [0, 0.05) is 21.7 Å². The van der Waals surface area contributed by atoms with Crippen LogP contribution >= 0.6 is 22.9 Å². The molecule has 1 atom stereocenters. The number of carbonyl (C=O) groups is 1. The first-order chi connectivity index (χ1) is 19.4. The maximum atomic E-state index is 13.0. The summed E-state index contributed by atoms with van der Waals surface area (Å²) in [6.07, 6.45) is 3.14. The lowest BCUT2D eigenvalue weighted by atomic mass is 9.83. The number of ether oxygens (including phenoxy) is 4. The van der Waals surface area contributed by atoms with E-state index < -0.39 is 11.9 Å². The molecule has 9 heteroatoms. The van der Waals surface area contributed by atoms with E-state index >= 15 is 0 Å². The zero-order chi connectivity index (χ0) is 28.2. The predicted octanol–water partition coefficient (Wildman–Crippen LogP) is 7.57. The SMILES string of the molecule is CCCCCOc1ccc(C2C(C#N)=C(N)Oc3cc(OC(=O)c4sc5ccccc5c4Cl)ccc32)cc1OC.